The van der Waals surface area contributed by atoms with Crippen LogP contribution < -0.4 is 0 Å². The van der Waals surface area contributed by atoms with Gasteiger partial charge in [0.1, 0.15) is 6.07 Å². The number of hydrogen-bond donors (Lipinski definition) is 0. The molecule has 0 aromatic carbocycles. The third-order valence-electron chi connectivity index (χ3n) is 4.22. The van der Waals surface area contributed by atoms with Gasteiger partial charge < -0.3 is 9.47 Å². The zero-order valence-electron chi connectivity index (χ0n) is 15.5. The van der Waals surface area contributed by atoms with Crippen LogP contribution in [0.1, 0.15) is 45.4 Å². The van der Waals surface area contributed by atoms with E-state index in [-0.39, 0.29) is 12.2 Å². The molecule has 0 saturated heterocycles. The molecule has 0 saturated carbocycles. The average molecular weight is 376 g/mol. The highest BCUT2D eigenvalue weighted by molar-refractivity contribution is 8.02. The van der Waals surface area contributed by atoms with Crippen LogP contribution in [-0.4, -0.2) is 31.9 Å². The smallest absolute Gasteiger partial charge is 0.349 e. The SMILES string of the molecule is CCOC(=O)[C@@H](C#N)C1=C(/C(SC)=C(/C#N)C(=O)OC)CCCCCC1. The van der Waals surface area contributed by atoms with E-state index in [1.807, 2.05) is 6.07 Å². The van der Waals surface area contributed by atoms with Gasteiger partial charge in [0, 0.05) is 4.91 Å². The van der Waals surface area contributed by atoms with E-state index in [0.717, 1.165) is 31.3 Å². The van der Waals surface area contributed by atoms with Crippen LogP contribution in [0.3, 0.4) is 0 Å². The van der Waals surface area contributed by atoms with Crippen molar-refractivity contribution in [3.8, 4) is 12.1 Å². The minimum absolute atomic E-state index is 0.0892. The first-order valence-corrected chi connectivity index (χ1v) is 9.83. The van der Waals surface area contributed by atoms with Gasteiger partial charge in [0.15, 0.2) is 11.5 Å². The van der Waals surface area contributed by atoms with Crippen LogP contribution in [0.25, 0.3) is 0 Å². The topological polar surface area (TPSA) is 100 Å². The summed E-state index contributed by atoms with van der Waals surface area (Å²) in [5, 5.41) is 19.1. The Morgan fingerprint density at radius 3 is 2.35 bits per heavy atom. The fourth-order valence-electron chi connectivity index (χ4n) is 3.03. The Balaban J connectivity index is 3.63. The lowest BCUT2D eigenvalue weighted by Gasteiger charge is -2.23. The largest absolute Gasteiger partial charge is 0.465 e. The summed E-state index contributed by atoms with van der Waals surface area (Å²) in [4.78, 5) is 24.8. The second-order valence-electron chi connectivity index (χ2n) is 5.74. The van der Waals surface area contributed by atoms with E-state index in [1.54, 1.807) is 13.2 Å². The minimum Gasteiger partial charge on any atom is -0.465 e. The normalized spacial score (nSPS) is 17.0. The average Bonchev–Trinajstić information content (AvgIpc) is 2.62. The first-order valence-electron chi connectivity index (χ1n) is 8.60. The molecule has 0 N–H and O–H groups in total. The lowest BCUT2D eigenvalue weighted by Crippen LogP contribution is -2.21. The van der Waals surface area contributed by atoms with Crippen LogP contribution in [0.5, 0.6) is 0 Å². The Morgan fingerprint density at radius 2 is 1.85 bits per heavy atom. The molecule has 0 heterocycles. The van der Waals surface area contributed by atoms with Crippen molar-refractivity contribution >= 4 is 23.7 Å². The van der Waals surface area contributed by atoms with E-state index in [1.165, 1.54) is 18.9 Å². The molecule has 0 unspecified atom stereocenters. The molecule has 7 heteroatoms. The number of nitrogens with zero attached hydrogens (tertiary/aromatic N) is 2. The number of hydrogen-bond acceptors (Lipinski definition) is 7. The molecule has 0 fully saturated rings. The number of nitriles is 2. The van der Waals surface area contributed by atoms with Crippen LogP contribution in [0, 0.1) is 28.6 Å². The summed E-state index contributed by atoms with van der Waals surface area (Å²) in [7, 11) is 1.22. The zero-order valence-corrected chi connectivity index (χ0v) is 16.3. The molecule has 1 rings (SSSR count). The third kappa shape index (κ3) is 5.37. The number of methoxy groups -OCH3 is 1. The number of thioether (sulfide) groups is 1. The molecule has 0 amide bonds. The summed E-state index contributed by atoms with van der Waals surface area (Å²) in [6.07, 6.45) is 6.68. The Labute approximate surface area is 158 Å². The molecule has 1 atom stereocenters. The van der Waals surface area contributed by atoms with E-state index in [0.29, 0.717) is 23.3 Å². The Bertz CT molecular complexity index is 683. The number of carbonyl (C=O) groups excluding carboxylic acids is 2. The third-order valence-corrected chi connectivity index (χ3v) is 5.08. The lowest BCUT2D eigenvalue weighted by atomic mass is 9.85. The molecule has 0 aromatic rings. The predicted octanol–water partition coefficient (Wildman–Crippen LogP) is 3.65. The maximum atomic E-state index is 12.3. The van der Waals surface area contributed by atoms with Gasteiger partial charge >= 0.3 is 11.9 Å². The van der Waals surface area contributed by atoms with Crippen LogP contribution in [-0.2, 0) is 19.1 Å². The van der Waals surface area contributed by atoms with Crippen molar-refractivity contribution < 1.29 is 19.1 Å². The molecule has 0 spiro atoms. The molecule has 0 bridgehead atoms. The van der Waals surface area contributed by atoms with Gasteiger partial charge in [-0.3, -0.25) is 4.79 Å². The maximum Gasteiger partial charge on any atom is 0.349 e. The van der Waals surface area contributed by atoms with E-state index in [2.05, 4.69) is 6.07 Å². The quantitative estimate of drug-likeness (QED) is 0.396. The summed E-state index contributed by atoms with van der Waals surface area (Å²) < 4.78 is 9.79. The molecule has 0 aromatic heterocycles. The van der Waals surface area contributed by atoms with Gasteiger partial charge in [-0.15, -0.1) is 11.8 Å². The van der Waals surface area contributed by atoms with Crippen LogP contribution in [0.2, 0.25) is 0 Å². The molecule has 26 heavy (non-hydrogen) atoms. The monoisotopic (exact) mass is 376 g/mol. The van der Waals surface area contributed by atoms with E-state index in [4.69, 9.17) is 9.47 Å². The molecule has 6 nitrogen and oxygen atoms in total. The van der Waals surface area contributed by atoms with Crippen molar-refractivity contribution in [1.82, 2.24) is 0 Å². The van der Waals surface area contributed by atoms with E-state index >= 15 is 0 Å². The van der Waals surface area contributed by atoms with Crippen molar-refractivity contribution in [2.45, 2.75) is 45.4 Å². The predicted molar refractivity (Wildman–Crippen MR) is 98.6 cm³/mol. The first-order chi connectivity index (χ1) is 12.5. The van der Waals surface area contributed by atoms with Gasteiger partial charge in [-0.25, -0.2) is 4.79 Å². The Hall–Kier alpha value is -2.25. The molecule has 1 aliphatic carbocycles. The van der Waals surface area contributed by atoms with Crippen molar-refractivity contribution in [1.29, 1.82) is 10.5 Å². The standard InChI is InChI=1S/C19H24N2O4S/c1-4-25-19(23)15(11-20)13-9-7-5-6-8-10-14(13)17(26-3)16(12-21)18(22)24-2/h15H,4-10H2,1-3H3/b14-13?,17-16+/t15-/m0/s1. The van der Waals surface area contributed by atoms with Gasteiger partial charge in [-0.05, 0) is 50.0 Å². The Morgan fingerprint density at radius 1 is 1.19 bits per heavy atom. The Kier molecular flexibility index (Phi) is 9.54. The summed E-state index contributed by atoms with van der Waals surface area (Å²) in [6.45, 7) is 1.88. The summed E-state index contributed by atoms with van der Waals surface area (Å²) in [5.74, 6) is -2.32. The van der Waals surface area contributed by atoms with Crippen molar-refractivity contribution in [2.75, 3.05) is 20.0 Å². The van der Waals surface area contributed by atoms with E-state index in [9.17, 15) is 20.1 Å². The molecule has 1 aliphatic rings. The summed E-state index contributed by atoms with van der Waals surface area (Å²) >= 11 is 1.26. The summed E-state index contributed by atoms with van der Waals surface area (Å²) in [5.41, 5.74) is 1.30. The number of carbonyl (C=O) groups is 2. The van der Waals surface area contributed by atoms with Crippen molar-refractivity contribution in [2.24, 2.45) is 5.92 Å². The molecular weight excluding hydrogens is 352 g/mol. The lowest BCUT2D eigenvalue weighted by molar-refractivity contribution is -0.145. The van der Waals surface area contributed by atoms with Gasteiger partial charge in [0.25, 0.3) is 0 Å². The van der Waals surface area contributed by atoms with Crippen LogP contribution >= 0.6 is 11.8 Å². The summed E-state index contributed by atoms with van der Waals surface area (Å²) in [6, 6.07) is 3.97. The highest BCUT2D eigenvalue weighted by atomic mass is 32.2. The van der Waals surface area contributed by atoms with E-state index < -0.39 is 17.9 Å². The molecule has 0 radical (unpaired) electrons. The van der Waals surface area contributed by atoms with Crippen molar-refractivity contribution in [3.05, 3.63) is 21.6 Å². The zero-order chi connectivity index (χ0) is 19.5. The second-order valence-corrected chi connectivity index (χ2v) is 6.56. The number of allylic oxidation sites excluding steroid dienone is 1. The first kappa shape index (κ1) is 21.8. The fourth-order valence-corrected chi connectivity index (χ4v) is 3.84. The second kappa shape index (κ2) is 11.4. The van der Waals surface area contributed by atoms with Crippen LogP contribution in [0.4, 0.5) is 0 Å². The van der Waals surface area contributed by atoms with Gasteiger partial charge in [-0.1, -0.05) is 12.8 Å². The highest BCUT2D eigenvalue weighted by Crippen LogP contribution is 2.38. The maximum absolute atomic E-state index is 12.3. The van der Waals surface area contributed by atoms with Crippen LogP contribution in [0.15, 0.2) is 21.6 Å². The molecule has 140 valence electrons. The number of rotatable bonds is 6. The van der Waals surface area contributed by atoms with Crippen molar-refractivity contribution in [3.63, 3.8) is 0 Å². The number of esters is 2. The molecule has 0 aliphatic heterocycles. The molecular formula is C19H24N2O4S. The number of ether oxygens (including phenoxy) is 2. The van der Waals surface area contributed by atoms with Gasteiger partial charge in [-0.2, -0.15) is 10.5 Å². The van der Waals surface area contributed by atoms with Gasteiger partial charge in [0.05, 0.1) is 19.8 Å². The van der Waals surface area contributed by atoms with Gasteiger partial charge in [0.2, 0.25) is 0 Å². The highest BCUT2D eigenvalue weighted by Gasteiger charge is 2.30. The fraction of sp³-hybridized carbons (Fsp3) is 0.579. The minimum atomic E-state index is -1.03.